The van der Waals surface area contributed by atoms with E-state index >= 15 is 0 Å². The number of fused-ring (bicyclic) bond motifs is 1. The maximum absolute atomic E-state index is 13.5. The van der Waals surface area contributed by atoms with E-state index in [1.165, 1.54) is 27.4 Å². The van der Waals surface area contributed by atoms with Crippen molar-refractivity contribution in [2.75, 3.05) is 19.0 Å². The molecule has 1 unspecified atom stereocenters. The van der Waals surface area contributed by atoms with Crippen LogP contribution in [0.25, 0.3) is 0 Å². The van der Waals surface area contributed by atoms with Crippen LogP contribution in [0.15, 0.2) is 40.9 Å². The monoisotopic (exact) mass is 380 g/mol. The van der Waals surface area contributed by atoms with Gasteiger partial charge in [-0.1, -0.05) is 38.5 Å². The zero-order valence-corrected chi connectivity index (χ0v) is 17.7. The molecule has 0 N–H and O–H groups in total. The molecule has 2 aliphatic carbocycles. The molecule has 2 aromatic rings. The topological polar surface area (TPSA) is 33.2 Å². The summed E-state index contributed by atoms with van der Waals surface area (Å²) in [5, 5.41) is 0. The van der Waals surface area contributed by atoms with E-state index in [0.29, 0.717) is 12.2 Å². The van der Waals surface area contributed by atoms with Crippen LogP contribution >= 0.6 is 11.3 Å². The summed E-state index contributed by atoms with van der Waals surface area (Å²) in [6, 6.07) is 8.71. The van der Waals surface area contributed by atoms with Gasteiger partial charge < -0.3 is 4.90 Å². The molecule has 0 aliphatic heterocycles. The van der Waals surface area contributed by atoms with Crippen molar-refractivity contribution in [3.63, 3.8) is 0 Å². The number of ketones is 1. The third-order valence-corrected chi connectivity index (χ3v) is 7.22. The highest BCUT2D eigenvalue weighted by molar-refractivity contribution is 7.10. The van der Waals surface area contributed by atoms with Crippen LogP contribution in [0.2, 0.25) is 0 Å². The highest BCUT2D eigenvalue weighted by Gasteiger charge is 2.50. The van der Waals surface area contributed by atoms with Gasteiger partial charge in [0.15, 0.2) is 5.78 Å². The molecule has 0 fully saturated rings. The van der Waals surface area contributed by atoms with E-state index in [1.54, 1.807) is 11.3 Å². The number of aromatic nitrogens is 1. The molecule has 0 amide bonds. The first-order valence-corrected chi connectivity index (χ1v) is 10.6. The number of carbonyl (C=O) groups excluding carboxylic acids is 1. The Labute approximate surface area is 166 Å². The van der Waals surface area contributed by atoms with Gasteiger partial charge in [-0.25, -0.2) is 4.98 Å². The summed E-state index contributed by atoms with van der Waals surface area (Å²) in [5.41, 5.74) is 7.58. The van der Waals surface area contributed by atoms with Crippen molar-refractivity contribution in [2.45, 2.75) is 51.9 Å². The summed E-state index contributed by atoms with van der Waals surface area (Å²) in [6.07, 6.45) is 3.33. The number of nitrogens with zero attached hydrogens (tertiary/aromatic N) is 2. The smallest absolute Gasteiger partial charge is 0.160 e. The third-order valence-electron chi connectivity index (χ3n) is 6.19. The molecule has 0 saturated heterocycles. The molecular weight excluding hydrogens is 352 g/mol. The first kappa shape index (κ1) is 18.4. The van der Waals surface area contributed by atoms with E-state index in [0.717, 1.165) is 24.8 Å². The Morgan fingerprint density at radius 2 is 2.00 bits per heavy atom. The Hall–Kier alpha value is -1.94. The SMILES string of the molecule is CCC1(c2cccc(N(C)C)c2)C2=C(Cc3ncsc31)CC(C)(C)CC2=O. The van der Waals surface area contributed by atoms with E-state index in [9.17, 15) is 4.79 Å². The minimum Gasteiger partial charge on any atom is -0.378 e. The molecule has 2 aliphatic rings. The predicted octanol–water partition coefficient (Wildman–Crippen LogP) is 5.15. The van der Waals surface area contributed by atoms with Crippen LogP contribution in [0, 0.1) is 5.41 Å². The summed E-state index contributed by atoms with van der Waals surface area (Å²) in [7, 11) is 4.13. The first-order valence-electron chi connectivity index (χ1n) is 9.75. The molecular formula is C23H28N2OS. The van der Waals surface area contributed by atoms with Crippen LogP contribution in [0.3, 0.4) is 0 Å². The van der Waals surface area contributed by atoms with Gasteiger partial charge in [0, 0.05) is 43.1 Å². The molecule has 142 valence electrons. The third kappa shape index (κ3) is 2.77. The molecule has 0 spiro atoms. The number of benzene rings is 1. The predicted molar refractivity (Wildman–Crippen MR) is 113 cm³/mol. The van der Waals surface area contributed by atoms with Gasteiger partial charge in [0.05, 0.1) is 16.6 Å². The second-order valence-electron chi connectivity index (χ2n) is 8.93. The number of thiazole rings is 1. The fraction of sp³-hybridized carbons (Fsp3) is 0.478. The van der Waals surface area contributed by atoms with E-state index in [4.69, 9.17) is 4.98 Å². The molecule has 0 bridgehead atoms. The standard InChI is InChI=1S/C23H28N2OS/c1-6-23(16-8-7-9-17(11-16)25(4)5)20-15(10-18-21(23)27-14-24-18)12-22(2,3)13-19(20)26/h7-9,11,14H,6,10,12-13H2,1-5H3. The summed E-state index contributed by atoms with van der Waals surface area (Å²) < 4.78 is 0. The van der Waals surface area contributed by atoms with Crippen molar-refractivity contribution in [1.29, 1.82) is 0 Å². The zero-order valence-electron chi connectivity index (χ0n) is 16.9. The summed E-state index contributed by atoms with van der Waals surface area (Å²) in [6.45, 7) is 6.64. The number of allylic oxidation sites excluding steroid dienone is 2. The molecule has 4 heteroatoms. The summed E-state index contributed by atoms with van der Waals surface area (Å²) >= 11 is 1.71. The van der Waals surface area contributed by atoms with Crippen molar-refractivity contribution in [2.24, 2.45) is 5.41 Å². The van der Waals surface area contributed by atoms with Gasteiger partial charge in [-0.2, -0.15) is 0 Å². The van der Waals surface area contributed by atoms with Crippen LogP contribution < -0.4 is 4.90 Å². The molecule has 1 atom stereocenters. The molecule has 0 radical (unpaired) electrons. The fourth-order valence-electron chi connectivity index (χ4n) is 5.06. The van der Waals surface area contributed by atoms with Gasteiger partial charge in [-0.3, -0.25) is 4.79 Å². The van der Waals surface area contributed by atoms with Crippen LogP contribution in [0.4, 0.5) is 5.69 Å². The van der Waals surface area contributed by atoms with Crippen molar-refractivity contribution in [3.8, 4) is 0 Å². The van der Waals surface area contributed by atoms with E-state index in [1.807, 2.05) is 5.51 Å². The number of Topliss-reactive ketones (excluding diaryl/α,β-unsaturated/α-hetero) is 1. The van der Waals surface area contributed by atoms with Crippen LogP contribution in [-0.2, 0) is 16.6 Å². The van der Waals surface area contributed by atoms with Crippen molar-refractivity contribution in [3.05, 3.63) is 57.1 Å². The first-order chi connectivity index (χ1) is 12.8. The largest absolute Gasteiger partial charge is 0.378 e. The van der Waals surface area contributed by atoms with Crippen LogP contribution in [0.1, 0.15) is 56.2 Å². The average Bonchev–Trinajstić information content (AvgIpc) is 3.07. The Kier molecular flexibility index (Phi) is 4.30. The number of carbonyl (C=O) groups is 1. The lowest BCUT2D eigenvalue weighted by atomic mass is 9.59. The maximum Gasteiger partial charge on any atom is 0.160 e. The highest BCUT2D eigenvalue weighted by atomic mass is 32.1. The van der Waals surface area contributed by atoms with Gasteiger partial charge >= 0.3 is 0 Å². The maximum atomic E-state index is 13.5. The van der Waals surface area contributed by atoms with Gasteiger partial charge in [0.2, 0.25) is 0 Å². The quantitative estimate of drug-likeness (QED) is 0.738. The fourth-order valence-corrected chi connectivity index (χ4v) is 6.18. The number of hydrogen-bond donors (Lipinski definition) is 0. The van der Waals surface area contributed by atoms with E-state index < -0.39 is 0 Å². The lowest BCUT2D eigenvalue weighted by Gasteiger charge is -2.45. The average molecular weight is 381 g/mol. The number of rotatable bonds is 3. The highest BCUT2D eigenvalue weighted by Crippen LogP contribution is 2.55. The minimum absolute atomic E-state index is 0.0361. The van der Waals surface area contributed by atoms with E-state index in [-0.39, 0.29) is 10.8 Å². The van der Waals surface area contributed by atoms with Crippen molar-refractivity contribution in [1.82, 2.24) is 4.98 Å². The van der Waals surface area contributed by atoms with Crippen LogP contribution in [0.5, 0.6) is 0 Å². The lowest BCUT2D eigenvalue weighted by molar-refractivity contribution is -0.118. The zero-order chi connectivity index (χ0) is 19.4. The summed E-state index contributed by atoms with van der Waals surface area (Å²) in [4.78, 5) is 21.6. The molecule has 27 heavy (non-hydrogen) atoms. The number of anilines is 1. The second-order valence-corrected chi connectivity index (χ2v) is 9.78. The molecule has 0 saturated carbocycles. The molecule has 1 aromatic heterocycles. The minimum atomic E-state index is -0.357. The Morgan fingerprint density at radius 3 is 2.70 bits per heavy atom. The van der Waals surface area contributed by atoms with Gasteiger partial charge in [-0.05, 0) is 36.0 Å². The molecule has 1 aromatic carbocycles. The van der Waals surface area contributed by atoms with Crippen molar-refractivity contribution >= 4 is 22.8 Å². The Morgan fingerprint density at radius 1 is 1.22 bits per heavy atom. The van der Waals surface area contributed by atoms with Gasteiger partial charge in [-0.15, -0.1) is 11.3 Å². The normalized spacial score (nSPS) is 23.8. The Bertz CT molecular complexity index is 937. The molecule has 1 heterocycles. The number of hydrogen-bond acceptors (Lipinski definition) is 4. The molecule has 4 rings (SSSR count). The summed E-state index contributed by atoms with van der Waals surface area (Å²) in [5.74, 6) is 0.331. The van der Waals surface area contributed by atoms with E-state index in [2.05, 4.69) is 64.0 Å². The Balaban J connectivity index is 2.01. The van der Waals surface area contributed by atoms with Gasteiger partial charge in [0.1, 0.15) is 0 Å². The molecule has 3 nitrogen and oxygen atoms in total. The second kappa shape index (κ2) is 6.30. The van der Waals surface area contributed by atoms with Crippen molar-refractivity contribution < 1.29 is 4.79 Å². The lowest BCUT2D eigenvalue weighted by Crippen LogP contribution is -2.42. The van der Waals surface area contributed by atoms with Crippen LogP contribution in [-0.4, -0.2) is 24.9 Å². The van der Waals surface area contributed by atoms with Gasteiger partial charge in [0.25, 0.3) is 0 Å².